The molecule has 0 fully saturated rings. The third-order valence-corrected chi connectivity index (χ3v) is 7.36. The van der Waals surface area contributed by atoms with Gasteiger partial charge in [0.05, 0.1) is 0 Å². The van der Waals surface area contributed by atoms with Gasteiger partial charge in [-0.25, -0.2) is 4.99 Å². The van der Waals surface area contributed by atoms with Crippen molar-refractivity contribution in [2.75, 3.05) is 19.9 Å². The van der Waals surface area contributed by atoms with Gasteiger partial charge in [-0.1, -0.05) is 36.4 Å². The fourth-order valence-corrected chi connectivity index (χ4v) is 5.46. The van der Waals surface area contributed by atoms with Gasteiger partial charge in [0.2, 0.25) is 18.2 Å². The lowest BCUT2D eigenvalue weighted by molar-refractivity contribution is -0.361. The molecule has 39 heavy (non-hydrogen) atoms. The van der Waals surface area contributed by atoms with Gasteiger partial charge in [0.15, 0.2) is 34.6 Å². The maximum Gasteiger partial charge on any atom is 0.246 e. The first-order chi connectivity index (χ1) is 19.1. The standard InChI is InChI=1S/C31H25N3O5/c1-17-6-8-21-24(12-17)39-26-14-22(33-11-10-32-15-18-7-9-23-25(13-18)38-16-37-23)27-28(29(26)34-21)31(36)20-5-3-2-4-19(20)30(27)35/h2-9,12-14,28,32-33H,10-11,15-16H2,1H3/p+1. The van der Waals surface area contributed by atoms with Gasteiger partial charge < -0.3 is 24.8 Å². The van der Waals surface area contributed by atoms with Crippen LogP contribution in [0.5, 0.6) is 17.2 Å². The Morgan fingerprint density at radius 3 is 2.67 bits per heavy atom. The second-order valence-electron chi connectivity index (χ2n) is 9.94. The summed E-state index contributed by atoms with van der Waals surface area (Å²) in [6.07, 6.45) is 1.83. The number of fused-ring (bicyclic) bond motifs is 6. The zero-order valence-corrected chi connectivity index (χ0v) is 21.3. The number of allylic oxidation sites excluding steroid dienone is 3. The lowest BCUT2D eigenvalue weighted by atomic mass is 9.72. The van der Waals surface area contributed by atoms with Gasteiger partial charge >= 0.3 is 0 Å². The highest BCUT2D eigenvalue weighted by Crippen LogP contribution is 2.38. The normalized spacial score (nSPS) is 18.3. The smallest absolute Gasteiger partial charge is 0.246 e. The van der Waals surface area contributed by atoms with Crippen LogP contribution in [0.4, 0.5) is 5.69 Å². The van der Waals surface area contributed by atoms with Gasteiger partial charge in [-0.05, 0) is 36.2 Å². The number of benzene rings is 3. The van der Waals surface area contributed by atoms with E-state index < -0.39 is 5.92 Å². The summed E-state index contributed by atoms with van der Waals surface area (Å²) in [5.41, 5.74) is 5.44. The molecule has 1 atom stereocenters. The van der Waals surface area contributed by atoms with Crippen molar-refractivity contribution < 1.29 is 28.8 Å². The Bertz CT molecular complexity index is 1650. The molecule has 8 nitrogen and oxygen atoms in total. The van der Waals surface area contributed by atoms with Crippen molar-refractivity contribution in [3.63, 3.8) is 0 Å². The van der Waals surface area contributed by atoms with E-state index in [9.17, 15) is 9.59 Å². The largest absolute Gasteiger partial charge is 0.454 e. The van der Waals surface area contributed by atoms with Crippen molar-refractivity contribution in [3.05, 3.63) is 106 Å². The summed E-state index contributed by atoms with van der Waals surface area (Å²) in [4.78, 5) is 30.9. The van der Waals surface area contributed by atoms with Crippen molar-refractivity contribution in [1.29, 1.82) is 0 Å². The molecule has 3 N–H and O–H groups in total. The summed E-state index contributed by atoms with van der Waals surface area (Å²) in [5.74, 6) is 1.70. The third-order valence-electron chi connectivity index (χ3n) is 7.36. The average molecular weight is 521 g/mol. The number of ether oxygens (including phenoxy) is 3. The minimum atomic E-state index is -0.772. The van der Waals surface area contributed by atoms with E-state index >= 15 is 0 Å². The van der Waals surface area contributed by atoms with Crippen LogP contribution >= 0.6 is 0 Å². The molecule has 0 saturated carbocycles. The minimum absolute atomic E-state index is 0.118. The summed E-state index contributed by atoms with van der Waals surface area (Å²) < 4.78 is 17.1. The molecule has 4 aliphatic rings. The first kappa shape index (κ1) is 23.4. The molecule has 0 radical (unpaired) electrons. The van der Waals surface area contributed by atoms with Crippen molar-refractivity contribution >= 4 is 23.0 Å². The molecule has 194 valence electrons. The molecule has 0 bridgehead atoms. The lowest BCUT2D eigenvalue weighted by Crippen LogP contribution is -2.72. The fourth-order valence-electron chi connectivity index (χ4n) is 5.46. The summed E-state index contributed by atoms with van der Waals surface area (Å²) >= 11 is 0. The SMILES string of the molecule is Cc1ccc2c(c1)OC1=CC(NCCNCc3ccc4c(c3)OCO4)=C3C(=O)c4ccccc4C(=O)C3C1=[NH+]2. The zero-order valence-electron chi connectivity index (χ0n) is 21.3. The van der Waals surface area contributed by atoms with E-state index in [1.165, 1.54) is 0 Å². The average Bonchev–Trinajstić information content (AvgIpc) is 3.42. The Labute approximate surface area is 225 Å². The second kappa shape index (κ2) is 9.25. The van der Waals surface area contributed by atoms with Crippen molar-refractivity contribution in [2.45, 2.75) is 13.5 Å². The Kier molecular flexibility index (Phi) is 5.56. The number of nitrogens with one attached hydrogen (secondary N) is 3. The molecule has 0 aromatic heterocycles. The molecule has 2 aliphatic carbocycles. The quantitative estimate of drug-likeness (QED) is 0.430. The van der Waals surface area contributed by atoms with Crippen LogP contribution in [0, 0.1) is 12.8 Å². The predicted octanol–water partition coefficient (Wildman–Crippen LogP) is 2.50. The summed E-state index contributed by atoms with van der Waals surface area (Å²) in [5, 5.41) is 6.81. The van der Waals surface area contributed by atoms with Crippen LogP contribution < -0.4 is 29.8 Å². The molecular weight excluding hydrogens is 494 g/mol. The zero-order chi connectivity index (χ0) is 26.5. The van der Waals surface area contributed by atoms with Crippen LogP contribution in [0.15, 0.2) is 83.8 Å². The number of aryl methyl sites for hydroxylation is 1. The Balaban J connectivity index is 1.16. The monoisotopic (exact) mass is 520 g/mol. The number of carbonyl (C=O) groups excluding carboxylic acids is 2. The number of ketones is 2. The van der Waals surface area contributed by atoms with Gasteiger partial charge in [0, 0.05) is 54.2 Å². The van der Waals surface area contributed by atoms with Crippen LogP contribution in [0.3, 0.4) is 0 Å². The molecule has 3 aromatic carbocycles. The van der Waals surface area contributed by atoms with Crippen LogP contribution in [-0.2, 0) is 6.54 Å². The lowest BCUT2D eigenvalue weighted by Gasteiger charge is -2.31. The number of carbonyl (C=O) groups is 2. The second-order valence-corrected chi connectivity index (χ2v) is 9.94. The minimum Gasteiger partial charge on any atom is -0.454 e. The third kappa shape index (κ3) is 4.00. The number of hydrogen-bond acceptors (Lipinski definition) is 7. The number of Topliss-reactive ketones (excluding diaryl/α,β-unsaturated/α-hetero) is 2. The van der Waals surface area contributed by atoms with Crippen molar-refractivity contribution in [2.24, 2.45) is 5.92 Å². The number of hydrogen-bond donors (Lipinski definition) is 3. The van der Waals surface area contributed by atoms with Crippen molar-refractivity contribution in [1.82, 2.24) is 10.6 Å². The first-order valence-corrected chi connectivity index (χ1v) is 13.0. The summed E-state index contributed by atoms with van der Waals surface area (Å²) in [6, 6.07) is 18.8. The Morgan fingerprint density at radius 1 is 0.923 bits per heavy atom. The van der Waals surface area contributed by atoms with Crippen molar-refractivity contribution in [3.8, 4) is 17.2 Å². The van der Waals surface area contributed by atoms with E-state index in [1.807, 2.05) is 49.4 Å². The molecule has 0 saturated heterocycles. The van der Waals surface area contributed by atoms with E-state index in [0.29, 0.717) is 59.3 Å². The molecule has 0 amide bonds. The highest BCUT2D eigenvalue weighted by Gasteiger charge is 2.49. The van der Waals surface area contributed by atoms with Gasteiger partial charge in [-0.2, -0.15) is 0 Å². The van der Waals surface area contributed by atoms with Gasteiger partial charge in [-0.3, -0.25) is 9.59 Å². The van der Waals surface area contributed by atoms with E-state index in [2.05, 4.69) is 15.6 Å². The number of rotatable bonds is 6. The van der Waals surface area contributed by atoms with Gasteiger partial charge in [0.1, 0.15) is 5.92 Å². The van der Waals surface area contributed by atoms with E-state index in [4.69, 9.17) is 14.2 Å². The van der Waals surface area contributed by atoms with Crippen LogP contribution in [0.25, 0.3) is 0 Å². The Hall–Kier alpha value is -4.69. The maximum absolute atomic E-state index is 13.8. The molecule has 2 heterocycles. The molecule has 7 rings (SSSR count). The highest BCUT2D eigenvalue weighted by atomic mass is 16.7. The molecule has 2 aliphatic heterocycles. The van der Waals surface area contributed by atoms with Crippen LogP contribution in [0.1, 0.15) is 31.8 Å². The van der Waals surface area contributed by atoms with E-state index in [1.54, 1.807) is 24.3 Å². The summed E-state index contributed by atoms with van der Waals surface area (Å²) in [7, 11) is 0. The topological polar surface area (TPSA) is 99.9 Å². The maximum atomic E-state index is 13.8. The molecule has 3 aromatic rings. The van der Waals surface area contributed by atoms with Crippen LogP contribution in [-0.4, -0.2) is 37.2 Å². The first-order valence-electron chi connectivity index (χ1n) is 13.0. The predicted molar refractivity (Wildman–Crippen MR) is 143 cm³/mol. The molecule has 1 unspecified atom stereocenters. The van der Waals surface area contributed by atoms with Gasteiger partial charge in [-0.15, -0.1) is 0 Å². The molecular formula is C31H26N3O5+. The Morgan fingerprint density at radius 2 is 1.77 bits per heavy atom. The van der Waals surface area contributed by atoms with Gasteiger partial charge in [0.25, 0.3) is 0 Å². The van der Waals surface area contributed by atoms with E-state index in [0.717, 1.165) is 28.3 Å². The van der Waals surface area contributed by atoms with E-state index in [-0.39, 0.29) is 18.4 Å². The molecule has 0 spiro atoms. The molecule has 8 heteroatoms. The van der Waals surface area contributed by atoms with Crippen LogP contribution in [0.2, 0.25) is 0 Å². The highest BCUT2D eigenvalue weighted by molar-refractivity contribution is 6.32. The fraction of sp³-hybridized carbons (Fsp3) is 0.194. The summed E-state index contributed by atoms with van der Waals surface area (Å²) in [6.45, 7) is 4.08.